The lowest BCUT2D eigenvalue weighted by Gasteiger charge is -2.21. The Labute approximate surface area is 157 Å². The molecule has 0 saturated carbocycles. The molecular formula is C19H22N6O2. The molecular weight excluding hydrogens is 344 g/mol. The number of rotatable bonds is 6. The second-order valence-corrected chi connectivity index (χ2v) is 7.11. The average Bonchev–Trinajstić information content (AvgIpc) is 3.24. The number of hydrogen-bond acceptors (Lipinski definition) is 6. The third-order valence-corrected chi connectivity index (χ3v) is 5.12. The van der Waals surface area contributed by atoms with Crippen LogP contribution in [0.1, 0.15) is 18.9 Å². The SMILES string of the molecule is CC1CC(CNc2ccc3ncc([N+](=O)[O-])n3n2)CN1Cc1ccccc1. The third kappa shape index (κ3) is 3.75. The van der Waals surface area contributed by atoms with Crippen LogP contribution in [0.3, 0.4) is 0 Å². The first kappa shape index (κ1) is 17.4. The molecule has 1 aliphatic rings. The lowest BCUT2D eigenvalue weighted by molar-refractivity contribution is -0.391. The standard InChI is InChI=1S/C19H22N6O2/c1-14-9-16(13-23(14)12-15-5-3-2-4-6-15)10-20-17-7-8-18-21-11-19(25(26)27)24(18)22-17/h2-8,11,14,16H,9-10,12-13H2,1H3,(H,20,22). The molecule has 1 N–H and O–H groups in total. The smallest absolute Gasteiger partial charge is 0.367 e. The molecule has 2 unspecified atom stereocenters. The Hall–Kier alpha value is -3.00. The number of imidazole rings is 1. The Morgan fingerprint density at radius 2 is 2.07 bits per heavy atom. The highest BCUT2D eigenvalue weighted by atomic mass is 16.6. The molecule has 0 aliphatic carbocycles. The molecule has 1 aliphatic heterocycles. The molecule has 2 atom stereocenters. The summed E-state index contributed by atoms with van der Waals surface area (Å²) in [5, 5.41) is 18.7. The molecule has 1 fully saturated rings. The summed E-state index contributed by atoms with van der Waals surface area (Å²) in [6, 6.07) is 14.6. The zero-order valence-corrected chi connectivity index (χ0v) is 15.2. The maximum atomic E-state index is 11.1. The molecule has 0 spiro atoms. The molecule has 1 saturated heterocycles. The van der Waals surface area contributed by atoms with E-state index in [-0.39, 0.29) is 5.82 Å². The number of nitrogens with one attached hydrogen (secondary N) is 1. The van der Waals surface area contributed by atoms with Gasteiger partial charge in [-0.3, -0.25) is 4.90 Å². The average molecular weight is 366 g/mol. The van der Waals surface area contributed by atoms with E-state index < -0.39 is 4.92 Å². The summed E-state index contributed by atoms with van der Waals surface area (Å²) < 4.78 is 1.27. The van der Waals surface area contributed by atoms with Crippen LogP contribution < -0.4 is 5.32 Å². The summed E-state index contributed by atoms with van der Waals surface area (Å²) in [6.45, 7) is 5.04. The fourth-order valence-corrected chi connectivity index (χ4v) is 3.73. The van der Waals surface area contributed by atoms with Crippen molar-refractivity contribution >= 4 is 17.3 Å². The van der Waals surface area contributed by atoms with Crippen LogP contribution in [0.15, 0.2) is 48.7 Å². The Morgan fingerprint density at radius 3 is 2.85 bits per heavy atom. The topological polar surface area (TPSA) is 88.6 Å². The predicted molar refractivity (Wildman–Crippen MR) is 103 cm³/mol. The summed E-state index contributed by atoms with van der Waals surface area (Å²) in [5.74, 6) is 1.01. The molecule has 8 heteroatoms. The van der Waals surface area contributed by atoms with Crippen molar-refractivity contribution in [3.8, 4) is 0 Å². The van der Waals surface area contributed by atoms with E-state index in [0.29, 0.717) is 23.4 Å². The number of likely N-dealkylation sites (tertiary alicyclic amines) is 1. The van der Waals surface area contributed by atoms with Gasteiger partial charge in [0.1, 0.15) is 6.20 Å². The van der Waals surface area contributed by atoms with Crippen LogP contribution in [0.4, 0.5) is 11.6 Å². The fourth-order valence-electron chi connectivity index (χ4n) is 3.73. The molecule has 0 amide bonds. The molecule has 2 aromatic heterocycles. The molecule has 1 aromatic carbocycles. The highest BCUT2D eigenvalue weighted by molar-refractivity contribution is 5.48. The van der Waals surface area contributed by atoms with Crippen molar-refractivity contribution in [2.24, 2.45) is 5.92 Å². The minimum Gasteiger partial charge on any atom is -0.367 e. The van der Waals surface area contributed by atoms with E-state index in [9.17, 15) is 10.1 Å². The Bertz CT molecular complexity index is 942. The number of benzene rings is 1. The van der Waals surface area contributed by atoms with Crippen LogP contribution in [-0.4, -0.2) is 43.6 Å². The summed E-state index contributed by atoms with van der Waals surface area (Å²) in [4.78, 5) is 17.1. The largest absolute Gasteiger partial charge is 0.368 e. The van der Waals surface area contributed by atoms with Gasteiger partial charge in [-0.1, -0.05) is 39.9 Å². The van der Waals surface area contributed by atoms with Gasteiger partial charge in [0.05, 0.1) is 0 Å². The lowest BCUT2D eigenvalue weighted by atomic mass is 10.1. The molecule has 140 valence electrons. The fraction of sp³-hybridized carbons (Fsp3) is 0.368. The first-order chi connectivity index (χ1) is 13.1. The predicted octanol–water partition coefficient (Wildman–Crippen LogP) is 2.96. The van der Waals surface area contributed by atoms with Crippen LogP contribution in [0.25, 0.3) is 5.65 Å². The molecule has 0 bridgehead atoms. The van der Waals surface area contributed by atoms with Crippen LogP contribution in [0.5, 0.6) is 0 Å². The van der Waals surface area contributed by atoms with Crippen molar-refractivity contribution < 1.29 is 4.92 Å². The van der Waals surface area contributed by atoms with E-state index >= 15 is 0 Å². The summed E-state index contributed by atoms with van der Waals surface area (Å²) in [5.41, 5.74) is 1.80. The van der Waals surface area contributed by atoms with Crippen molar-refractivity contribution in [1.29, 1.82) is 0 Å². The zero-order valence-electron chi connectivity index (χ0n) is 15.2. The highest BCUT2D eigenvalue weighted by Gasteiger charge is 2.29. The monoisotopic (exact) mass is 366 g/mol. The van der Waals surface area contributed by atoms with Crippen molar-refractivity contribution in [2.75, 3.05) is 18.4 Å². The maximum absolute atomic E-state index is 11.1. The quantitative estimate of drug-likeness (QED) is 0.533. The van der Waals surface area contributed by atoms with Gasteiger partial charge in [-0.05, 0) is 35.8 Å². The van der Waals surface area contributed by atoms with E-state index in [1.54, 1.807) is 6.07 Å². The molecule has 3 heterocycles. The van der Waals surface area contributed by atoms with Crippen LogP contribution in [0, 0.1) is 16.0 Å². The first-order valence-electron chi connectivity index (χ1n) is 9.11. The number of anilines is 1. The van der Waals surface area contributed by atoms with E-state index in [0.717, 1.165) is 26.1 Å². The van der Waals surface area contributed by atoms with E-state index in [1.807, 2.05) is 12.1 Å². The molecule has 27 heavy (non-hydrogen) atoms. The van der Waals surface area contributed by atoms with Crippen molar-refractivity contribution in [3.05, 3.63) is 64.3 Å². The van der Waals surface area contributed by atoms with Crippen molar-refractivity contribution in [1.82, 2.24) is 19.5 Å². The zero-order chi connectivity index (χ0) is 18.8. The number of nitrogens with zero attached hydrogens (tertiary/aromatic N) is 5. The molecule has 4 rings (SSSR count). The summed E-state index contributed by atoms with van der Waals surface area (Å²) in [6.07, 6.45) is 2.35. The second kappa shape index (κ2) is 7.32. The van der Waals surface area contributed by atoms with Gasteiger partial charge in [0.15, 0.2) is 5.82 Å². The normalized spacial score (nSPS) is 20.2. The number of aromatic nitrogens is 3. The highest BCUT2D eigenvalue weighted by Crippen LogP contribution is 2.25. The van der Waals surface area contributed by atoms with Crippen LogP contribution >= 0.6 is 0 Å². The molecule has 0 radical (unpaired) electrons. The van der Waals surface area contributed by atoms with Crippen LogP contribution in [0.2, 0.25) is 0 Å². The van der Waals surface area contributed by atoms with Gasteiger partial charge in [0, 0.05) is 31.7 Å². The van der Waals surface area contributed by atoms with Crippen LogP contribution in [-0.2, 0) is 6.54 Å². The summed E-state index contributed by atoms with van der Waals surface area (Å²) in [7, 11) is 0. The third-order valence-electron chi connectivity index (χ3n) is 5.12. The van der Waals surface area contributed by atoms with Gasteiger partial charge in [-0.15, -0.1) is 0 Å². The van der Waals surface area contributed by atoms with Crippen molar-refractivity contribution in [3.63, 3.8) is 0 Å². The number of fused-ring (bicyclic) bond motifs is 1. The van der Waals surface area contributed by atoms with Gasteiger partial charge < -0.3 is 15.4 Å². The van der Waals surface area contributed by atoms with E-state index in [4.69, 9.17) is 0 Å². The Morgan fingerprint density at radius 1 is 1.26 bits per heavy atom. The Balaban J connectivity index is 1.38. The van der Waals surface area contributed by atoms with Gasteiger partial charge in [-0.2, -0.15) is 0 Å². The minimum atomic E-state index is -0.475. The molecule has 3 aromatic rings. The van der Waals surface area contributed by atoms with E-state index in [2.05, 4.69) is 51.5 Å². The number of nitro groups is 1. The first-order valence-corrected chi connectivity index (χ1v) is 9.11. The van der Waals surface area contributed by atoms with Gasteiger partial charge in [-0.25, -0.2) is 4.98 Å². The van der Waals surface area contributed by atoms with Gasteiger partial charge >= 0.3 is 5.82 Å². The summed E-state index contributed by atoms with van der Waals surface area (Å²) >= 11 is 0. The molecule has 8 nitrogen and oxygen atoms in total. The Kier molecular flexibility index (Phi) is 4.72. The van der Waals surface area contributed by atoms with E-state index in [1.165, 1.54) is 16.3 Å². The van der Waals surface area contributed by atoms with Gasteiger partial charge in [0.25, 0.3) is 0 Å². The second-order valence-electron chi connectivity index (χ2n) is 7.11. The lowest BCUT2D eigenvalue weighted by Crippen LogP contribution is -2.27. The van der Waals surface area contributed by atoms with Crippen molar-refractivity contribution in [2.45, 2.75) is 25.9 Å². The maximum Gasteiger partial charge on any atom is 0.368 e. The van der Waals surface area contributed by atoms with Gasteiger partial charge in [0.2, 0.25) is 5.65 Å². The minimum absolute atomic E-state index is 0.128. The number of hydrogen-bond donors (Lipinski definition) is 1.